The molecule has 0 N–H and O–H groups in total. The molecule has 2 aromatic heterocycles. The second-order valence-corrected chi connectivity index (χ2v) is 5.64. The Kier molecular flexibility index (Phi) is 3.15. The summed E-state index contributed by atoms with van der Waals surface area (Å²) in [4.78, 5) is 9.53. The molecule has 0 unspecified atom stereocenters. The summed E-state index contributed by atoms with van der Waals surface area (Å²) in [5.74, 6) is 0.721. The van der Waals surface area contributed by atoms with Crippen molar-refractivity contribution in [3.05, 3.63) is 66.4 Å². The van der Waals surface area contributed by atoms with Crippen LogP contribution in [0.2, 0.25) is 0 Å². The van der Waals surface area contributed by atoms with Gasteiger partial charge in [-0.15, -0.1) is 0 Å². The first-order chi connectivity index (χ1) is 11.2. The first-order valence-electron chi connectivity index (χ1n) is 7.54. The normalized spacial score (nSPS) is 11.0. The van der Waals surface area contributed by atoms with Crippen molar-refractivity contribution in [2.24, 2.45) is 7.05 Å². The van der Waals surface area contributed by atoms with Gasteiger partial charge in [0.25, 0.3) is 0 Å². The lowest BCUT2D eigenvalue weighted by Gasteiger charge is -2.07. The maximum Gasteiger partial charge on any atom is 0.162 e. The molecule has 0 saturated heterocycles. The summed E-state index contributed by atoms with van der Waals surface area (Å²) in [5.41, 5.74) is 5.06. The van der Waals surface area contributed by atoms with E-state index in [2.05, 4.69) is 36.3 Å². The largest absolute Gasteiger partial charge is 0.250 e. The van der Waals surface area contributed by atoms with E-state index < -0.39 is 0 Å². The zero-order valence-electron chi connectivity index (χ0n) is 13.1. The van der Waals surface area contributed by atoms with Gasteiger partial charge in [-0.3, -0.25) is 4.68 Å². The minimum atomic E-state index is 0.721. The fourth-order valence-electron chi connectivity index (χ4n) is 2.75. The highest BCUT2D eigenvalue weighted by molar-refractivity contribution is 5.91. The summed E-state index contributed by atoms with van der Waals surface area (Å²) < 4.78 is 1.79. The van der Waals surface area contributed by atoms with Crippen molar-refractivity contribution in [2.75, 3.05) is 0 Å². The average molecular weight is 300 g/mol. The Labute approximate surface area is 134 Å². The third kappa shape index (κ3) is 2.38. The molecule has 4 rings (SSSR count). The van der Waals surface area contributed by atoms with E-state index in [9.17, 15) is 0 Å². The third-order valence-corrected chi connectivity index (χ3v) is 3.92. The van der Waals surface area contributed by atoms with Crippen LogP contribution >= 0.6 is 0 Å². The molecule has 2 heterocycles. The van der Waals surface area contributed by atoms with Crippen molar-refractivity contribution >= 4 is 11.0 Å². The van der Waals surface area contributed by atoms with E-state index in [1.807, 2.05) is 43.6 Å². The molecule has 0 aliphatic rings. The lowest BCUT2D eigenvalue weighted by Crippen LogP contribution is -1.98. The molecule has 0 bridgehead atoms. The van der Waals surface area contributed by atoms with Crippen LogP contribution in [0.15, 0.2) is 60.8 Å². The maximum absolute atomic E-state index is 4.83. The fourth-order valence-corrected chi connectivity index (χ4v) is 2.75. The van der Waals surface area contributed by atoms with Crippen LogP contribution in [-0.4, -0.2) is 19.7 Å². The SMILES string of the molecule is Cc1cccc(-c2nc(-c3ccccc3)nc3c2cnn3C)c1. The lowest BCUT2D eigenvalue weighted by atomic mass is 10.1. The van der Waals surface area contributed by atoms with Gasteiger partial charge in [0.15, 0.2) is 11.5 Å². The number of hydrogen-bond donors (Lipinski definition) is 0. The van der Waals surface area contributed by atoms with Crippen LogP contribution in [0.3, 0.4) is 0 Å². The van der Waals surface area contributed by atoms with Crippen molar-refractivity contribution in [1.82, 2.24) is 19.7 Å². The van der Waals surface area contributed by atoms with E-state index >= 15 is 0 Å². The number of aromatic nitrogens is 4. The Hall–Kier alpha value is -3.01. The second-order valence-electron chi connectivity index (χ2n) is 5.64. The average Bonchev–Trinajstić information content (AvgIpc) is 2.96. The Morgan fingerprint density at radius 3 is 2.43 bits per heavy atom. The van der Waals surface area contributed by atoms with Gasteiger partial charge in [-0.25, -0.2) is 9.97 Å². The molecule has 23 heavy (non-hydrogen) atoms. The van der Waals surface area contributed by atoms with Gasteiger partial charge in [-0.2, -0.15) is 5.10 Å². The summed E-state index contributed by atoms with van der Waals surface area (Å²) in [6, 6.07) is 18.4. The van der Waals surface area contributed by atoms with E-state index in [0.717, 1.165) is 33.7 Å². The van der Waals surface area contributed by atoms with Crippen LogP contribution < -0.4 is 0 Å². The molecule has 2 aromatic carbocycles. The topological polar surface area (TPSA) is 43.6 Å². The molecular weight excluding hydrogens is 284 g/mol. The second kappa shape index (κ2) is 5.32. The molecule has 0 fully saturated rings. The fraction of sp³-hybridized carbons (Fsp3) is 0.105. The summed E-state index contributed by atoms with van der Waals surface area (Å²) in [5, 5.41) is 5.32. The van der Waals surface area contributed by atoms with E-state index in [1.165, 1.54) is 5.56 Å². The highest BCUT2D eigenvalue weighted by Gasteiger charge is 2.14. The number of nitrogens with zero attached hydrogens (tertiary/aromatic N) is 4. The number of benzene rings is 2. The summed E-state index contributed by atoms with van der Waals surface area (Å²) in [6.45, 7) is 2.09. The Morgan fingerprint density at radius 2 is 1.65 bits per heavy atom. The smallest absolute Gasteiger partial charge is 0.162 e. The Bertz CT molecular complexity index is 987. The Morgan fingerprint density at radius 1 is 0.870 bits per heavy atom. The highest BCUT2D eigenvalue weighted by atomic mass is 15.3. The number of aryl methyl sites for hydroxylation is 2. The number of rotatable bonds is 2. The molecule has 0 aliphatic heterocycles. The predicted molar refractivity (Wildman–Crippen MR) is 91.9 cm³/mol. The Balaban J connectivity index is 2.03. The van der Waals surface area contributed by atoms with Gasteiger partial charge >= 0.3 is 0 Å². The zero-order chi connectivity index (χ0) is 15.8. The first-order valence-corrected chi connectivity index (χ1v) is 7.54. The molecule has 0 atom stereocenters. The molecule has 0 radical (unpaired) electrons. The van der Waals surface area contributed by atoms with Crippen LogP contribution in [0.5, 0.6) is 0 Å². The van der Waals surface area contributed by atoms with Crippen molar-refractivity contribution in [2.45, 2.75) is 6.92 Å². The van der Waals surface area contributed by atoms with Gasteiger partial charge in [0.2, 0.25) is 0 Å². The molecule has 4 aromatic rings. The maximum atomic E-state index is 4.83. The van der Waals surface area contributed by atoms with E-state index in [0.29, 0.717) is 0 Å². The van der Waals surface area contributed by atoms with E-state index in [4.69, 9.17) is 9.97 Å². The van der Waals surface area contributed by atoms with Crippen LogP contribution in [-0.2, 0) is 7.05 Å². The summed E-state index contributed by atoms with van der Waals surface area (Å²) >= 11 is 0. The van der Waals surface area contributed by atoms with Crippen LogP contribution in [0.4, 0.5) is 0 Å². The van der Waals surface area contributed by atoms with Crippen LogP contribution in [0.25, 0.3) is 33.7 Å². The highest BCUT2D eigenvalue weighted by Crippen LogP contribution is 2.29. The molecule has 4 nitrogen and oxygen atoms in total. The number of fused-ring (bicyclic) bond motifs is 1. The van der Waals surface area contributed by atoms with Crippen LogP contribution in [0.1, 0.15) is 5.56 Å². The summed E-state index contributed by atoms with van der Waals surface area (Å²) in [6.07, 6.45) is 1.84. The summed E-state index contributed by atoms with van der Waals surface area (Å²) in [7, 11) is 1.91. The third-order valence-electron chi connectivity index (χ3n) is 3.92. The predicted octanol–water partition coefficient (Wildman–Crippen LogP) is 4.01. The van der Waals surface area contributed by atoms with Gasteiger partial charge < -0.3 is 0 Å². The molecule has 0 spiro atoms. The van der Waals surface area contributed by atoms with Gasteiger partial charge in [-0.1, -0.05) is 54.1 Å². The standard InChI is InChI=1S/C19H16N4/c1-13-7-6-10-15(11-13)17-16-12-20-23(2)19(16)22-18(21-17)14-8-4-3-5-9-14/h3-12H,1-2H3. The minimum Gasteiger partial charge on any atom is -0.250 e. The molecule has 112 valence electrons. The first kappa shape index (κ1) is 13.6. The molecule has 0 saturated carbocycles. The molecular formula is C19H16N4. The van der Waals surface area contributed by atoms with Crippen molar-refractivity contribution in [3.8, 4) is 22.6 Å². The molecule has 4 heteroatoms. The quantitative estimate of drug-likeness (QED) is 0.562. The van der Waals surface area contributed by atoms with Crippen molar-refractivity contribution < 1.29 is 0 Å². The van der Waals surface area contributed by atoms with E-state index in [1.54, 1.807) is 4.68 Å². The van der Waals surface area contributed by atoms with Gasteiger partial charge in [0.1, 0.15) is 0 Å². The minimum absolute atomic E-state index is 0.721. The van der Waals surface area contributed by atoms with Crippen molar-refractivity contribution in [1.29, 1.82) is 0 Å². The lowest BCUT2D eigenvalue weighted by molar-refractivity contribution is 0.786. The van der Waals surface area contributed by atoms with Gasteiger partial charge in [-0.05, 0) is 13.0 Å². The van der Waals surface area contributed by atoms with Crippen molar-refractivity contribution in [3.63, 3.8) is 0 Å². The zero-order valence-corrected chi connectivity index (χ0v) is 13.1. The molecule has 0 amide bonds. The van der Waals surface area contributed by atoms with Crippen LogP contribution in [0, 0.1) is 6.92 Å². The van der Waals surface area contributed by atoms with E-state index in [-0.39, 0.29) is 0 Å². The number of hydrogen-bond acceptors (Lipinski definition) is 3. The monoisotopic (exact) mass is 300 g/mol. The van der Waals surface area contributed by atoms with Gasteiger partial charge in [0.05, 0.1) is 17.3 Å². The molecule has 0 aliphatic carbocycles. The van der Waals surface area contributed by atoms with Gasteiger partial charge in [0, 0.05) is 18.2 Å².